The van der Waals surface area contributed by atoms with Gasteiger partial charge in [0.25, 0.3) is 0 Å². The number of allylic oxidation sites excluding steroid dienone is 1. The maximum Gasteiger partial charge on any atom is 1.00 e. The summed E-state index contributed by atoms with van der Waals surface area (Å²) in [6, 6.07) is 0. The fraction of sp³-hybridized carbons (Fsp3) is 0.625. The van der Waals surface area contributed by atoms with E-state index in [2.05, 4.69) is 0 Å². The summed E-state index contributed by atoms with van der Waals surface area (Å²) in [5.41, 5.74) is 0. The van der Waals surface area contributed by atoms with Crippen LogP contribution in [-0.2, 0) is 23.9 Å². The summed E-state index contributed by atoms with van der Waals surface area (Å²) >= 11 is 0. The van der Waals surface area contributed by atoms with Crippen molar-refractivity contribution in [3.8, 4) is 0 Å². The van der Waals surface area contributed by atoms with Crippen LogP contribution in [-0.4, -0.2) is 23.7 Å². The molecular formula is C8H14NNaO3S. The minimum Gasteiger partial charge on any atom is -0.423 e. The average molecular weight is 227 g/mol. The van der Waals surface area contributed by atoms with E-state index in [1.807, 2.05) is 13.0 Å². The van der Waals surface area contributed by atoms with Crippen molar-refractivity contribution in [3.63, 3.8) is 0 Å². The summed E-state index contributed by atoms with van der Waals surface area (Å²) in [5.74, 6) is -0.424. The third-order valence-electron chi connectivity index (χ3n) is 1.42. The second-order valence-electron chi connectivity index (χ2n) is 2.61. The Bertz CT molecular complexity index is 255. The number of carbonyl (C=O) groups is 1. The summed E-state index contributed by atoms with van der Waals surface area (Å²) in [7, 11) is -0.722. The van der Waals surface area contributed by atoms with Crippen molar-refractivity contribution in [2.75, 3.05) is 12.9 Å². The van der Waals surface area contributed by atoms with Crippen molar-refractivity contribution in [2.45, 2.75) is 19.8 Å². The first kappa shape index (κ1) is 16.6. The van der Waals surface area contributed by atoms with Crippen molar-refractivity contribution >= 4 is 16.6 Å². The fourth-order valence-corrected chi connectivity index (χ4v) is 1.20. The molecule has 6 heteroatoms. The molecule has 0 fully saturated rings. The van der Waals surface area contributed by atoms with Crippen molar-refractivity contribution in [1.82, 2.24) is 4.90 Å². The van der Waals surface area contributed by atoms with E-state index in [0.29, 0.717) is 0 Å². The molecule has 0 heterocycles. The first-order valence-electron chi connectivity index (χ1n) is 4.02. The zero-order valence-electron chi connectivity index (χ0n) is 8.86. The van der Waals surface area contributed by atoms with Crippen molar-refractivity contribution < 1.29 is 42.8 Å². The van der Waals surface area contributed by atoms with Gasteiger partial charge in [0.15, 0.2) is 0 Å². The van der Waals surface area contributed by atoms with E-state index in [0.717, 1.165) is 6.42 Å². The maximum absolute atomic E-state index is 11.2. The molecule has 0 aromatic heterocycles. The van der Waals surface area contributed by atoms with Gasteiger partial charge in [-0.25, -0.2) is 0 Å². The predicted octanol–water partition coefficient (Wildman–Crippen LogP) is -1.93. The van der Waals surface area contributed by atoms with Crippen LogP contribution >= 0.6 is 0 Å². The summed E-state index contributed by atoms with van der Waals surface area (Å²) < 4.78 is 20.5. The molecule has 0 aliphatic carbocycles. The number of carbonyl (C=O) groups excluding carboxylic acids is 1. The molecule has 0 saturated heterocycles. The van der Waals surface area contributed by atoms with Crippen LogP contribution in [0.3, 0.4) is 0 Å². The Morgan fingerprint density at radius 1 is 1.36 bits per heavy atom. The average Bonchev–Trinajstić information content (AvgIpc) is 2.03. The summed E-state index contributed by atoms with van der Waals surface area (Å²) in [6.07, 6.45) is 4.76. The van der Waals surface area contributed by atoms with Gasteiger partial charge in [-0.15, -0.1) is 0 Å². The topological polar surface area (TPSA) is 54.5 Å². The van der Waals surface area contributed by atoms with Gasteiger partial charge >= 0.3 is 29.6 Å². The zero-order valence-corrected chi connectivity index (χ0v) is 11.7. The normalized spacial score (nSPS) is 10.2. The minimum absolute atomic E-state index is 0. The van der Waals surface area contributed by atoms with Gasteiger partial charge in [-0.3, -0.25) is 4.79 Å². The van der Waals surface area contributed by atoms with Crippen LogP contribution in [0.25, 0.3) is 0 Å². The molecule has 1 amide bonds. The molecule has 0 rings (SSSR count). The van der Waals surface area contributed by atoms with Crippen LogP contribution < -0.4 is 29.6 Å². The molecule has 0 radical (unpaired) electrons. The second kappa shape index (κ2) is 9.71. The Hall–Kier alpha value is 0.160. The third kappa shape index (κ3) is 8.74. The van der Waals surface area contributed by atoms with E-state index >= 15 is 0 Å². The molecule has 0 aliphatic heterocycles. The smallest absolute Gasteiger partial charge is 0.423 e. The monoisotopic (exact) mass is 227 g/mol. The molecular weight excluding hydrogens is 213 g/mol. The van der Waals surface area contributed by atoms with Crippen LogP contribution in [0.15, 0.2) is 12.2 Å². The molecule has 0 unspecified atom stereocenters. The number of hydrogen-bond acceptors (Lipinski definition) is 4. The summed E-state index contributed by atoms with van der Waals surface area (Å²) in [6.45, 7) is 1.97. The molecule has 0 aliphatic rings. The molecule has 4 nitrogen and oxygen atoms in total. The van der Waals surface area contributed by atoms with Gasteiger partial charge in [-0.05, 0) is 6.42 Å². The second-order valence-corrected chi connectivity index (χ2v) is 3.47. The largest absolute Gasteiger partial charge is 1.00 e. The van der Waals surface area contributed by atoms with Crippen LogP contribution in [0, 0.1) is 0 Å². The van der Waals surface area contributed by atoms with Crippen molar-refractivity contribution in [2.24, 2.45) is 0 Å². The molecule has 0 N–H and O–H groups in total. The predicted molar refractivity (Wildman–Crippen MR) is 50.4 cm³/mol. The van der Waals surface area contributed by atoms with E-state index < -0.39 is 10.7 Å². The number of nitrogens with zero attached hydrogens (tertiary/aromatic N) is 1. The van der Waals surface area contributed by atoms with E-state index in [9.17, 15) is 13.2 Å². The summed E-state index contributed by atoms with van der Waals surface area (Å²) in [5, 5.41) is 0. The van der Waals surface area contributed by atoms with Gasteiger partial charge in [0.2, 0.25) is 5.91 Å². The first-order chi connectivity index (χ1) is 6.07. The van der Waals surface area contributed by atoms with Crippen LogP contribution in [0.5, 0.6) is 0 Å². The molecule has 14 heavy (non-hydrogen) atoms. The third-order valence-corrected chi connectivity index (χ3v) is 2.02. The quantitative estimate of drug-likeness (QED) is 0.312. The van der Waals surface area contributed by atoms with Gasteiger partial charge in [0.1, 0.15) is 0 Å². The molecule has 0 saturated carbocycles. The Morgan fingerprint density at radius 3 is 2.36 bits per heavy atom. The molecule has 0 aromatic rings. The van der Waals surface area contributed by atoms with E-state index in [1.54, 1.807) is 6.08 Å². The Labute approximate surface area is 109 Å². The van der Waals surface area contributed by atoms with Gasteiger partial charge in [0.05, 0.1) is 0 Å². The number of amides is 1. The molecule has 0 spiro atoms. The van der Waals surface area contributed by atoms with Crippen LogP contribution in [0.4, 0.5) is 0 Å². The fourth-order valence-electron chi connectivity index (χ4n) is 0.737. The first-order valence-corrected chi connectivity index (χ1v) is 5.27. The minimum atomic E-state index is -2.19. The number of rotatable bonds is 5. The van der Waals surface area contributed by atoms with E-state index in [-0.39, 0.29) is 47.8 Å². The van der Waals surface area contributed by atoms with Gasteiger partial charge in [-0.2, -0.15) is 0 Å². The Balaban J connectivity index is 0. The zero-order chi connectivity index (χ0) is 10.3. The molecule has 0 bridgehead atoms. The Morgan fingerprint density at radius 2 is 1.93 bits per heavy atom. The van der Waals surface area contributed by atoms with Gasteiger partial charge in [-0.1, -0.05) is 29.8 Å². The van der Waals surface area contributed by atoms with Crippen LogP contribution in [0.2, 0.25) is 0 Å². The van der Waals surface area contributed by atoms with E-state index in [4.69, 9.17) is 0 Å². The Kier molecular flexibility index (Phi) is 11.5. The van der Waals surface area contributed by atoms with Gasteiger partial charge in [0, 0.05) is 19.3 Å². The van der Waals surface area contributed by atoms with Crippen molar-refractivity contribution in [1.29, 1.82) is 0 Å². The SMILES string of the molecule is CC/C=C/CC(=O)N(C)C[S-](=O)=O.[Na+]. The van der Waals surface area contributed by atoms with E-state index in [1.165, 1.54) is 11.9 Å². The molecule has 76 valence electrons. The van der Waals surface area contributed by atoms with Gasteiger partial charge < -0.3 is 13.3 Å². The molecule has 0 atom stereocenters. The number of hydrogen-bond donors (Lipinski definition) is 0. The maximum atomic E-state index is 11.2. The van der Waals surface area contributed by atoms with Crippen molar-refractivity contribution in [3.05, 3.63) is 12.2 Å². The molecule has 0 aromatic carbocycles. The summed E-state index contributed by atoms with van der Waals surface area (Å²) in [4.78, 5) is 12.3. The standard InChI is InChI=1S/C8H14NO3S.Na/c1-3-4-5-6-8(10)9(2)7-13(11)12;/h4-5H,3,6-7H2,1-2H3;/q-1;+1/b5-4+;. The van der Waals surface area contributed by atoms with Crippen LogP contribution in [0.1, 0.15) is 19.8 Å².